The molecule has 86 valence electrons. The van der Waals surface area contributed by atoms with E-state index in [1.54, 1.807) is 0 Å². The molecule has 2 aliphatic carbocycles. The van der Waals surface area contributed by atoms with E-state index in [1.807, 2.05) is 20.8 Å². The highest BCUT2D eigenvalue weighted by molar-refractivity contribution is 5.76. The second-order valence-corrected chi connectivity index (χ2v) is 5.78. The number of fused-ring (bicyclic) bond motifs is 2. The van der Waals surface area contributed by atoms with Gasteiger partial charge in [-0.05, 0) is 57.8 Å². The van der Waals surface area contributed by atoms with Crippen LogP contribution in [0, 0.1) is 17.3 Å². The smallest absolute Gasteiger partial charge is 0.311 e. The number of carbonyl (C=O) groups is 1. The van der Waals surface area contributed by atoms with Crippen LogP contribution in [0.3, 0.4) is 0 Å². The van der Waals surface area contributed by atoms with E-state index in [2.05, 4.69) is 0 Å². The molecule has 0 aromatic heterocycles. The number of hydrogen-bond donors (Lipinski definition) is 0. The largest absolute Gasteiger partial charge is 0.461 e. The lowest BCUT2D eigenvalue weighted by Gasteiger charge is -2.25. The number of hydrogen-bond acceptors (Lipinski definition) is 2. The molecule has 0 atom stereocenters. The molecule has 2 nitrogen and oxygen atoms in total. The highest BCUT2D eigenvalue weighted by Crippen LogP contribution is 2.46. The molecule has 0 aromatic rings. The van der Waals surface area contributed by atoms with Gasteiger partial charge in [-0.1, -0.05) is 6.92 Å². The van der Waals surface area contributed by atoms with Crippen molar-refractivity contribution in [3.8, 4) is 0 Å². The average molecular weight is 210 g/mol. The van der Waals surface area contributed by atoms with Crippen LogP contribution in [0.5, 0.6) is 0 Å². The van der Waals surface area contributed by atoms with E-state index >= 15 is 0 Å². The molecule has 15 heavy (non-hydrogen) atoms. The third-order valence-electron chi connectivity index (χ3n) is 4.43. The molecule has 0 aliphatic heterocycles. The number of rotatable bonds is 3. The Balaban J connectivity index is 1.95. The minimum atomic E-state index is -0.304. The standard InChI is InChI=1S/C13H22O2/c1-4-13(2,3)12(14)15-11-9-5-6-10(11)8-7-9/h9-11H,4-8H2,1-3H3. The van der Waals surface area contributed by atoms with Crippen molar-refractivity contribution < 1.29 is 9.53 Å². The van der Waals surface area contributed by atoms with Gasteiger partial charge in [-0.25, -0.2) is 0 Å². The van der Waals surface area contributed by atoms with Crippen molar-refractivity contribution in [2.75, 3.05) is 0 Å². The van der Waals surface area contributed by atoms with Crippen LogP contribution in [0.15, 0.2) is 0 Å². The summed E-state index contributed by atoms with van der Waals surface area (Å²) < 4.78 is 5.72. The van der Waals surface area contributed by atoms with Crippen LogP contribution in [0.2, 0.25) is 0 Å². The summed E-state index contributed by atoms with van der Waals surface area (Å²) in [5.74, 6) is 1.35. The minimum Gasteiger partial charge on any atom is -0.461 e. The number of ether oxygens (including phenoxy) is 1. The Morgan fingerprint density at radius 1 is 1.20 bits per heavy atom. The predicted molar refractivity (Wildman–Crippen MR) is 59.4 cm³/mol. The van der Waals surface area contributed by atoms with Crippen molar-refractivity contribution in [2.24, 2.45) is 17.3 Å². The maximum atomic E-state index is 11.9. The molecule has 2 heteroatoms. The molecule has 2 fully saturated rings. The molecule has 2 bridgehead atoms. The highest BCUT2D eigenvalue weighted by atomic mass is 16.5. The van der Waals surface area contributed by atoms with Crippen LogP contribution in [-0.4, -0.2) is 12.1 Å². The molecular weight excluding hydrogens is 188 g/mol. The van der Waals surface area contributed by atoms with Crippen molar-refractivity contribution in [3.63, 3.8) is 0 Å². The summed E-state index contributed by atoms with van der Waals surface area (Å²) in [5.41, 5.74) is -0.304. The Hall–Kier alpha value is -0.530. The van der Waals surface area contributed by atoms with E-state index in [-0.39, 0.29) is 17.5 Å². The first-order valence-corrected chi connectivity index (χ1v) is 6.25. The van der Waals surface area contributed by atoms with E-state index in [0.29, 0.717) is 11.8 Å². The lowest BCUT2D eigenvalue weighted by Crippen LogP contribution is -2.32. The first kappa shape index (κ1) is 11.0. The van der Waals surface area contributed by atoms with Gasteiger partial charge >= 0.3 is 5.97 Å². The van der Waals surface area contributed by atoms with Crippen LogP contribution >= 0.6 is 0 Å². The second-order valence-electron chi connectivity index (χ2n) is 5.78. The van der Waals surface area contributed by atoms with E-state index < -0.39 is 0 Å². The van der Waals surface area contributed by atoms with E-state index in [4.69, 9.17) is 4.74 Å². The van der Waals surface area contributed by atoms with E-state index in [1.165, 1.54) is 25.7 Å². The van der Waals surface area contributed by atoms with Crippen molar-refractivity contribution in [1.29, 1.82) is 0 Å². The zero-order chi connectivity index (χ0) is 11.1. The normalized spacial score (nSPS) is 34.5. The SMILES string of the molecule is CCC(C)(C)C(=O)OC1C2CCC1CC2. The summed E-state index contributed by atoms with van der Waals surface area (Å²) in [4.78, 5) is 11.9. The molecule has 0 saturated heterocycles. The molecule has 2 aliphatic rings. The summed E-state index contributed by atoms with van der Waals surface area (Å²) in [6.45, 7) is 6.00. The predicted octanol–water partition coefficient (Wildman–Crippen LogP) is 3.15. The van der Waals surface area contributed by atoms with E-state index in [0.717, 1.165) is 6.42 Å². The maximum absolute atomic E-state index is 11.9. The minimum absolute atomic E-state index is 0.00815. The second kappa shape index (κ2) is 3.80. The summed E-state index contributed by atoms with van der Waals surface area (Å²) in [6, 6.07) is 0. The fraction of sp³-hybridized carbons (Fsp3) is 0.923. The van der Waals surface area contributed by atoms with Gasteiger partial charge in [-0.2, -0.15) is 0 Å². The van der Waals surface area contributed by atoms with Crippen LogP contribution in [0.1, 0.15) is 52.9 Å². The lowest BCUT2D eigenvalue weighted by atomic mass is 9.90. The molecule has 0 heterocycles. The van der Waals surface area contributed by atoms with Crippen molar-refractivity contribution in [1.82, 2.24) is 0 Å². The molecule has 2 saturated carbocycles. The monoisotopic (exact) mass is 210 g/mol. The van der Waals surface area contributed by atoms with Crippen LogP contribution in [0.4, 0.5) is 0 Å². The summed E-state index contributed by atoms with van der Waals surface area (Å²) >= 11 is 0. The lowest BCUT2D eigenvalue weighted by molar-refractivity contribution is -0.162. The number of carbonyl (C=O) groups excluding carboxylic acids is 1. The topological polar surface area (TPSA) is 26.3 Å². The van der Waals surface area contributed by atoms with Crippen molar-refractivity contribution in [3.05, 3.63) is 0 Å². The van der Waals surface area contributed by atoms with Gasteiger partial charge in [-0.3, -0.25) is 4.79 Å². The van der Waals surface area contributed by atoms with Gasteiger partial charge in [0.25, 0.3) is 0 Å². The van der Waals surface area contributed by atoms with Gasteiger partial charge in [0.2, 0.25) is 0 Å². The zero-order valence-electron chi connectivity index (χ0n) is 10.1. The summed E-state index contributed by atoms with van der Waals surface area (Å²) in [6.07, 6.45) is 6.20. The van der Waals surface area contributed by atoms with Crippen LogP contribution in [-0.2, 0) is 9.53 Å². The maximum Gasteiger partial charge on any atom is 0.311 e. The third kappa shape index (κ3) is 1.91. The third-order valence-corrected chi connectivity index (χ3v) is 4.43. The quantitative estimate of drug-likeness (QED) is 0.669. The summed E-state index contributed by atoms with van der Waals surface area (Å²) in [7, 11) is 0. The molecule has 0 spiro atoms. The average Bonchev–Trinajstić information content (AvgIpc) is 2.78. The molecule has 0 radical (unpaired) electrons. The van der Waals surface area contributed by atoms with Gasteiger partial charge in [0.1, 0.15) is 6.10 Å². The molecule has 0 aromatic carbocycles. The molecule has 0 unspecified atom stereocenters. The Labute approximate surface area is 92.4 Å². The molecule has 2 rings (SSSR count). The Morgan fingerprint density at radius 3 is 2.07 bits per heavy atom. The molecular formula is C13H22O2. The van der Waals surface area contributed by atoms with Gasteiger partial charge in [0.15, 0.2) is 0 Å². The molecule has 0 N–H and O–H groups in total. The van der Waals surface area contributed by atoms with Gasteiger partial charge in [0, 0.05) is 0 Å². The fourth-order valence-corrected chi connectivity index (χ4v) is 2.81. The van der Waals surface area contributed by atoms with Gasteiger partial charge < -0.3 is 4.74 Å². The first-order valence-electron chi connectivity index (χ1n) is 6.25. The Morgan fingerprint density at radius 2 is 1.67 bits per heavy atom. The first-order chi connectivity index (χ1) is 7.04. The van der Waals surface area contributed by atoms with Crippen LogP contribution in [0.25, 0.3) is 0 Å². The van der Waals surface area contributed by atoms with Crippen molar-refractivity contribution >= 4 is 5.97 Å². The Kier molecular flexibility index (Phi) is 2.78. The molecule has 0 amide bonds. The van der Waals surface area contributed by atoms with Crippen molar-refractivity contribution in [2.45, 2.75) is 59.0 Å². The zero-order valence-corrected chi connectivity index (χ0v) is 10.1. The fourth-order valence-electron chi connectivity index (χ4n) is 2.81. The van der Waals surface area contributed by atoms with Gasteiger partial charge in [-0.15, -0.1) is 0 Å². The summed E-state index contributed by atoms with van der Waals surface area (Å²) in [5, 5.41) is 0. The van der Waals surface area contributed by atoms with Crippen LogP contribution < -0.4 is 0 Å². The van der Waals surface area contributed by atoms with Gasteiger partial charge in [0.05, 0.1) is 5.41 Å². The number of esters is 1. The highest BCUT2D eigenvalue weighted by Gasteiger charge is 2.45. The van der Waals surface area contributed by atoms with E-state index in [9.17, 15) is 4.79 Å². The Bertz CT molecular complexity index is 237.